The normalized spacial score (nSPS) is 13.2. The Kier molecular flexibility index (Phi) is 7.36. The van der Waals surface area contributed by atoms with Crippen molar-refractivity contribution < 1.29 is 14.0 Å². The van der Waals surface area contributed by atoms with E-state index in [1.807, 2.05) is 12.1 Å². The lowest BCUT2D eigenvalue weighted by Gasteiger charge is -2.43. The van der Waals surface area contributed by atoms with E-state index in [2.05, 4.69) is 69.3 Å². The topological polar surface area (TPSA) is 61.5 Å². The highest BCUT2D eigenvalue weighted by Gasteiger charge is 2.50. The first kappa shape index (κ1) is 21.3. The number of carbonyl (C=O) groups is 1. The average molecular weight is 386 g/mol. The van der Waals surface area contributed by atoms with E-state index in [9.17, 15) is 4.79 Å². The molecule has 0 heterocycles. The summed E-state index contributed by atoms with van der Waals surface area (Å²) in [6, 6.07) is 20.7. The molecule has 0 fully saturated rings. The van der Waals surface area contributed by atoms with Crippen LogP contribution in [0.3, 0.4) is 0 Å². The molecule has 2 aromatic rings. The Labute approximate surface area is 163 Å². The number of methoxy groups -OCH3 is 1. The first-order chi connectivity index (χ1) is 12.8. The molecule has 146 valence electrons. The summed E-state index contributed by atoms with van der Waals surface area (Å²) in [5.74, 6) is -0.240. The van der Waals surface area contributed by atoms with E-state index >= 15 is 0 Å². The van der Waals surface area contributed by atoms with Crippen LogP contribution in [0, 0.1) is 0 Å². The molecule has 2 rings (SSSR count). The van der Waals surface area contributed by atoms with Crippen molar-refractivity contribution in [2.45, 2.75) is 44.7 Å². The van der Waals surface area contributed by atoms with Crippen LogP contribution in [-0.2, 0) is 14.0 Å². The first-order valence-electron chi connectivity index (χ1n) is 9.38. The standard InChI is InChI=1S/C22H31NO3Si/c1-22(2,3)27(19-11-7-5-8-12-19,20-13-9-6-10-14-20)26-17-18(23)15-16-21(24)25-4/h5-14,18H,15-17,23H2,1-4H3/t18-/m0/s1. The first-order valence-corrected chi connectivity index (χ1v) is 11.3. The Morgan fingerprint density at radius 1 is 1.00 bits per heavy atom. The highest BCUT2D eigenvalue weighted by molar-refractivity contribution is 6.99. The lowest BCUT2D eigenvalue weighted by molar-refractivity contribution is -0.140. The molecule has 0 spiro atoms. The molecule has 0 aliphatic carbocycles. The molecule has 0 amide bonds. The number of hydrogen-bond acceptors (Lipinski definition) is 4. The van der Waals surface area contributed by atoms with Crippen molar-refractivity contribution in [1.82, 2.24) is 0 Å². The fourth-order valence-corrected chi connectivity index (χ4v) is 8.10. The molecule has 2 N–H and O–H groups in total. The van der Waals surface area contributed by atoms with E-state index in [1.54, 1.807) is 0 Å². The van der Waals surface area contributed by atoms with Crippen LogP contribution in [0.15, 0.2) is 60.7 Å². The number of rotatable bonds is 8. The highest BCUT2D eigenvalue weighted by Crippen LogP contribution is 2.36. The number of carbonyl (C=O) groups excluding carboxylic acids is 1. The van der Waals surface area contributed by atoms with Gasteiger partial charge < -0.3 is 14.9 Å². The molecule has 0 aromatic heterocycles. The minimum atomic E-state index is -2.57. The third-order valence-corrected chi connectivity index (χ3v) is 9.88. The minimum absolute atomic E-state index is 0.0855. The predicted molar refractivity (Wildman–Crippen MR) is 113 cm³/mol. The molecule has 0 unspecified atom stereocenters. The fourth-order valence-electron chi connectivity index (χ4n) is 3.48. The number of nitrogens with two attached hydrogens (primary N) is 1. The Balaban J connectivity index is 2.36. The minimum Gasteiger partial charge on any atom is -0.469 e. The van der Waals surface area contributed by atoms with E-state index in [1.165, 1.54) is 17.5 Å². The van der Waals surface area contributed by atoms with Crippen LogP contribution < -0.4 is 16.1 Å². The van der Waals surface area contributed by atoms with Gasteiger partial charge in [-0.3, -0.25) is 4.79 Å². The van der Waals surface area contributed by atoms with Gasteiger partial charge in [-0.05, 0) is 21.8 Å². The van der Waals surface area contributed by atoms with E-state index in [-0.39, 0.29) is 17.0 Å². The SMILES string of the molecule is COC(=O)CC[C@H](N)CO[Si](c1ccccc1)(c1ccccc1)C(C)(C)C. The van der Waals surface area contributed by atoms with Crippen LogP contribution in [0.2, 0.25) is 5.04 Å². The molecule has 0 aliphatic rings. The number of benzene rings is 2. The summed E-state index contributed by atoms with van der Waals surface area (Å²) in [5.41, 5.74) is 6.27. The van der Waals surface area contributed by atoms with Gasteiger partial charge in [-0.25, -0.2) is 0 Å². The molecule has 0 bridgehead atoms. The highest BCUT2D eigenvalue weighted by atomic mass is 28.4. The summed E-state index contributed by atoms with van der Waals surface area (Å²) in [4.78, 5) is 11.4. The van der Waals surface area contributed by atoms with Crippen molar-refractivity contribution in [3.8, 4) is 0 Å². The van der Waals surface area contributed by atoms with Crippen molar-refractivity contribution in [1.29, 1.82) is 0 Å². The van der Waals surface area contributed by atoms with Crippen molar-refractivity contribution in [3.63, 3.8) is 0 Å². The van der Waals surface area contributed by atoms with Gasteiger partial charge in [0.15, 0.2) is 0 Å². The number of hydrogen-bond donors (Lipinski definition) is 1. The largest absolute Gasteiger partial charge is 0.469 e. The number of esters is 1. The maximum absolute atomic E-state index is 11.4. The summed E-state index contributed by atoms with van der Waals surface area (Å²) in [6.07, 6.45) is 0.854. The molecule has 0 radical (unpaired) electrons. The predicted octanol–water partition coefficient (Wildman–Crippen LogP) is 2.84. The second-order valence-electron chi connectivity index (χ2n) is 7.85. The van der Waals surface area contributed by atoms with Crippen LogP contribution in [0.25, 0.3) is 0 Å². The van der Waals surface area contributed by atoms with Gasteiger partial charge in [0, 0.05) is 19.1 Å². The van der Waals surface area contributed by atoms with E-state index in [0.717, 1.165) is 0 Å². The van der Waals surface area contributed by atoms with Gasteiger partial charge in [0.1, 0.15) is 0 Å². The van der Waals surface area contributed by atoms with Crippen molar-refractivity contribution >= 4 is 24.7 Å². The van der Waals surface area contributed by atoms with Gasteiger partial charge in [-0.1, -0.05) is 81.4 Å². The third-order valence-electron chi connectivity index (χ3n) is 4.88. The van der Waals surface area contributed by atoms with Crippen LogP contribution in [0.4, 0.5) is 0 Å². The van der Waals surface area contributed by atoms with E-state index in [4.69, 9.17) is 14.9 Å². The Bertz CT molecular complexity index is 674. The fraction of sp³-hybridized carbons (Fsp3) is 0.409. The Hall–Kier alpha value is -1.95. The molecule has 4 nitrogen and oxygen atoms in total. The molecule has 0 aliphatic heterocycles. The monoisotopic (exact) mass is 385 g/mol. The molecular formula is C22H31NO3Si. The second kappa shape index (κ2) is 9.31. The van der Waals surface area contributed by atoms with Gasteiger partial charge in [-0.15, -0.1) is 0 Å². The van der Waals surface area contributed by atoms with E-state index < -0.39 is 8.32 Å². The van der Waals surface area contributed by atoms with Gasteiger partial charge in [0.2, 0.25) is 0 Å². The maximum Gasteiger partial charge on any atom is 0.305 e. The summed E-state index contributed by atoms with van der Waals surface area (Å²) in [6.45, 7) is 7.11. The van der Waals surface area contributed by atoms with Crippen molar-refractivity contribution in [2.24, 2.45) is 5.73 Å². The second-order valence-corrected chi connectivity index (χ2v) is 12.2. The number of ether oxygens (including phenoxy) is 1. The summed E-state index contributed by atoms with van der Waals surface area (Å²) < 4.78 is 11.5. The molecule has 2 aromatic carbocycles. The van der Waals surface area contributed by atoms with Gasteiger partial charge in [0.05, 0.1) is 7.11 Å². The molecule has 27 heavy (non-hydrogen) atoms. The quantitative estimate of drug-likeness (QED) is 0.561. The third kappa shape index (κ3) is 5.06. The van der Waals surface area contributed by atoms with Crippen LogP contribution in [0.1, 0.15) is 33.6 Å². The zero-order chi connectivity index (χ0) is 19.9. The Morgan fingerprint density at radius 2 is 1.48 bits per heavy atom. The maximum atomic E-state index is 11.4. The molecule has 0 saturated heterocycles. The smallest absolute Gasteiger partial charge is 0.305 e. The van der Waals surface area contributed by atoms with Crippen molar-refractivity contribution in [3.05, 3.63) is 60.7 Å². The average Bonchev–Trinajstić information content (AvgIpc) is 2.67. The summed E-state index contributed by atoms with van der Waals surface area (Å²) >= 11 is 0. The van der Waals surface area contributed by atoms with Gasteiger partial charge in [0.25, 0.3) is 8.32 Å². The Morgan fingerprint density at radius 3 is 1.89 bits per heavy atom. The lowest BCUT2D eigenvalue weighted by Crippen LogP contribution is -2.67. The van der Waals surface area contributed by atoms with Crippen LogP contribution >= 0.6 is 0 Å². The molecule has 1 atom stereocenters. The lowest BCUT2D eigenvalue weighted by atomic mass is 10.2. The zero-order valence-corrected chi connectivity index (χ0v) is 17.8. The molecule has 5 heteroatoms. The molecular weight excluding hydrogens is 354 g/mol. The van der Waals surface area contributed by atoms with Gasteiger partial charge >= 0.3 is 5.97 Å². The summed E-state index contributed by atoms with van der Waals surface area (Å²) in [7, 11) is -1.18. The van der Waals surface area contributed by atoms with Gasteiger partial charge in [-0.2, -0.15) is 0 Å². The summed E-state index contributed by atoms with van der Waals surface area (Å²) in [5, 5.41) is 2.37. The van der Waals surface area contributed by atoms with Crippen molar-refractivity contribution in [2.75, 3.05) is 13.7 Å². The van der Waals surface area contributed by atoms with E-state index in [0.29, 0.717) is 19.4 Å². The van der Waals surface area contributed by atoms with Crippen LogP contribution in [0.5, 0.6) is 0 Å². The van der Waals surface area contributed by atoms with Crippen LogP contribution in [-0.4, -0.2) is 34.0 Å². The molecule has 0 saturated carbocycles. The zero-order valence-electron chi connectivity index (χ0n) is 16.8.